The standard InChI is InChI=1S/C22H25ClN2O5S/c23-15-5-6-16(24-21(27)25-17-4-1-3-13-7-10-30-19(13)17)18(26)20(15)31(28,29)14-11-22(12-14)8-2-9-22/h5-7,10,14,17,26H,1-4,8-9,11-12H2,(H2,24,25,27)/t17-/m1/s1. The Kier molecular flexibility index (Phi) is 4.97. The Morgan fingerprint density at radius 1 is 1.19 bits per heavy atom. The number of sulfone groups is 1. The second kappa shape index (κ2) is 7.45. The zero-order valence-electron chi connectivity index (χ0n) is 17.0. The number of hydrogen-bond donors (Lipinski definition) is 3. The second-order valence-corrected chi connectivity index (χ2v) is 11.6. The molecule has 1 aromatic carbocycles. The van der Waals surface area contributed by atoms with E-state index in [1.165, 1.54) is 12.1 Å². The van der Waals surface area contributed by atoms with Crippen molar-refractivity contribution in [3.63, 3.8) is 0 Å². The van der Waals surface area contributed by atoms with Crippen LogP contribution in [0.15, 0.2) is 33.8 Å². The number of aryl methyl sites for hydroxylation is 1. The molecular weight excluding hydrogens is 440 g/mol. The van der Waals surface area contributed by atoms with Gasteiger partial charge in [-0.1, -0.05) is 18.0 Å². The quantitative estimate of drug-likeness (QED) is 0.555. The van der Waals surface area contributed by atoms with Crippen molar-refractivity contribution in [1.29, 1.82) is 0 Å². The first-order valence-electron chi connectivity index (χ1n) is 10.7. The molecular formula is C22H25ClN2O5S. The number of benzene rings is 1. The van der Waals surface area contributed by atoms with Crippen molar-refractivity contribution in [3.8, 4) is 5.75 Å². The number of carbonyl (C=O) groups is 1. The lowest BCUT2D eigenvalue weighted by Gasteiger charge is -2.53. The summed E-state index contributed by atoms with van der Waals surface area (Å²) in [4.78, 5) is 12.3. The normalized spacial score (nSPS) is 22.3. The summed E-state index contributed by atoms with van der Waals surface area (Å²) in [7, 11) is -3.80. The molecule has 0 unspecified atom stereocenters. The highest BCUT2D eigenvalue weighted by Gasteiger charge is 2.53. The van der Waals surface area contributed by atoms with Gasteiger partial charge < -0.3 is 20.2 Å². The molecule has 0 saturated heterocycles. The van der Waals surface area contributed by atoms with E-state index in [2.05, 4.69) is 10.6 Å². The van der Waals surface area contributed by atoms with Gasteiger partial charge in [-0.15, -0.1) is 0 Å². The number of fused-ring (bicyclic) bond motifs is 1. The van der Waals surface area contributed by atoms with Gasteiger partial charge >= 0.3 is 6.03 Å². The van der Waals surface area contributed by atoms with E-state index in [1.54, 1.807) is 6.26 Å². The first kappa shape index (κ1) is 20.7. The number of phenolic OH excluding ortho intramolecular Hbond substituents is 1. The maximum atomic E-state index is 13.2. The van der Waals surface area contributed by atoms with E-state index < -0.39 is 26.9 Å². The number of carbonyl (C=O) groups excluding carboxylic acids is 1. The zero-order chi connectivity index (χ0) is 21.8. The highest BCUT2D eigenvalue weighted by molar-refractivity contribution is 7.92. The van der Waals surface area contributed by atoms with E-state index in [1.807, 2.05) is 6.07 Å². The van der Waals surface area contributed by atoms with Gasteiger partial charge in [-0.25, -0.2) is 13.2 Å². The molecule has 0 aliphatic heterocycles. The van der Waals surface area contributed by atoms with Gasteiger partial charge in [0.15, 0.2) is 15.6 Å². The van der Waals surface area contributed by atoms with Gasteiger partial charge in [0.1, 0.15) is 10.7 Å². The average Bonchev–Trinajstić information content (AvgIpc) is 3.11. The molecule has 5 rings (SSSR count). The smallest absolute Gasteiger partial charge is 0.319 e. The summed E-state index contributed by atoms with van der Waals surface area (Å²) in [5.41, 5.74) is 1.25. The zero-order valence-corrected chi connectivity index (χ0v) is 18.6. The molecule has 1 spiro atoms. The van der Waals surface area contributed by atoms with Crippen molar-refractivity contribution >= 4 is 33.2 Å². The van der Waals surface area contributed by atoms with Crippen LogP contribution in [0.3, 0.4) is 0 Å². The number of anilines is 1. The molecule has 3 N–H and O–H groups in total. The minimum absolute atomic E-state index is 0.00799. The lowest BCUT2D eigenvalue weighted by Crippen LogP contribution is -2.49. The molecule has 2 fully saturated rings. The van der Waals surface area contributed by atoms with Crippen molar-refractivity contribution < 1.29 is 22.7 Å². The molecule has 2 saturated carbocycles. The fourth-order valence-corrected chi connectivity index (χ4v) is 7.91. The Balaban J connectivity index is 1.33. The van der Waals surface area contributed by atoms with Gasteiger partial charge in [0.05, 0.1) is 28.3 Å². The van der Waals surface area contributed by atoms with Crippen LogP contribution in [0.1, 0.15) is 62.3 Å². The molecule has 0 radical (unpaired) electrons. The fraction of sp³-hybridized carbons (Fsp3) is 0.500. The highest BCUT2D eigenvalue weighted by Crippen LogP contribution is 2.59. The van der Waals surface area contributed by atoms with E-state index in [0.717, 1.165) is 49.8 Å². The molecule has 7 nitrogen and oxygen atoms in total. The fourth-order valence-electron chi connectivity index (χ4n) is 5.24. The Labute approximate surface area is 186 Å². The second-order valence-electron chi connectivity index (χ2n) is 9.05. The van der Waals surface area contributed by atoms with Gasteiger partial charge in [-0.3, -0.25) is 0 Å². The largest absolute Gasteiger partial charge is 0.504 e. The van der Waals surface area contributed by atoms with Gasteiger partial charge in [0.2, 0.25) is 0 Å². The Morgan fingerprint density at radius 2 is 1.97 bits per heavy atom. The van der Waals surface area contributed by atoms with E-state index in [0.29, 0.717) is 12.8 Å². The first-order chi connectivity index (χ1) is 14.8. The molecule has 2 amide bonds. The number of rotatable bonds is 4. The number of hydrogen-bond acceptors (Lipinski definition) is 5. The van der Waals surface area contributed by atoms with Crippen LogP contribution in [0.2, 0.25) is 5.02 Å². The maximum absolute atomic E-state index is 13.2. The number of aromatic hydroxyl groups is 1. The SMILES string of the molecule is O=C(Nc1ccc(Cl)c(S(=O)(=O)C2CC3(CCC3)C2)c1O)N[C@@H]1CCCc2ccoc21. The predicted molar refractivity (Wildman–Crippen MR) is 116 cm³/mol. The van der Waals surface area contributed by atoms with Crippen LogP contribution in [-0.2, 0) is 16.3 Å². The van der Waals surface area contributed by atoms with E-state index in [9.17, 15) is 18.3 Å². The third-order valence-electron chi connectivity index (χ3n) is 7.13. The van der Waals surface area contributed by atoms with Crippen LogP contribution in [-0.4, -0.2) is 24.8 Å². The lowest BCUT2D eigenvalue weighted by molar-refractivity contribution is 0.0351. The maximum Gasteiger partial charge on any atom is 0.319 e. The van der Waals surface area contributed by atoms with Crippen LogP contribution < -0.4 is 10.6 Å². The van der Waals surface area contributed by atoms with Crippen LogP contribution in [0.25, 0.3) is 0 Å². The molecule has 3 aliphatic carbocycles. The van der Waals surface area contributed by atoms with Crippen molar-refractivity contribution in [1.82, 2.24) is 5.32 Å². The highest BCUT2D eigenvalue weighted by atomic mass is 35.5. The third kappa shape index (κ3) is 3.49. The summed E-state index contributed by atoms with van der Waals surface area (Å²) in [6.07, 6.45) is 8.68. The predicted octanol–water partition coefficient (Wildman–Crippen LogP) is 4.94. The van der Waals surface area contributed by atoms with Crippen molar-refractivity contribution in [2.45, 2.75) is 67.6 Å². The van der Waals surface area contributed by atoms with Crippen LogP contribution >= 0.6 is 11.6 Å². The number of furan rings is 1. The summed E-state index contributed by atoms with van der Waals surface area (Å²) < 4.78 is 31.8. The third-order valence-corrected chi connectivity index (χ3v) is 9.75. The van der Waals surface area contributed by atoms with E-state index in [-0.39, 0.29) is 27.1 Å². The van der Waals surface area contributed by atoms with Gasteiger partial charge in [0.25, 0.3) is 0 Å². The number of phenols is 1. The summed E-state index contributed by atoms with van der Waals surface area (Å²) in [6.45, 7) is 0. The Morgan fingerprint density at radius 3 is 2.68 bits per heavy atom. The molecule has 2 aromatic rings. The topological polar surface area (TPSA) is 109 Å². The van der Waals surface area contributed by atoms with E-state index >= 15 is 0 Å². The monoisotopic (exact) mass is 464 g/mol. The average molecular weight is 465 g/mol. The minimum atomic E-state index is -3.80. The molecule has 31 heavy (non-hydrogen) atoms. The summed E-state index contributed by atoms with van der Waals surface area (Å²) in [5.74, 6) is 0.222. The molecule has 0 bridgehead atoms. The van der Waals surface area contributed by atoms with Gasteiger partial charge in [0, 0.05) is 0 Å². The first-order valence-corrected chi connectivity index (χ1v) is 12.6. The van der Waals surface area contributed by atoms with Crippen LogP contribution in [0.5, 0.6) is 5.75 Å². The molecule has 1 atom stereocenters. The van der Waals surface area contributed by atoms with Crippen molar-refractivity contribution in [2.24, 2.45) is 5.41 Å². The van der Waals surface area contributed by atoms with E-state index in [4.69, 9.17) is 16.0 Å². The Hall–Kier alpha value is -2.19. The molecule has 9 heteroatoms. The molecule has 3 aliphatic rings. The molecule has 1 heterocycles. The summed E-state index contributed by atoms with van der Waals surface area (Å²) in [6, 6.07) is 3.88. The van der Waals surface area contributed by atoms with Crippen molar-refractivity contribution in [2.75, 3.05) is 5.32 Å². The van der Waals surface area contributed by atoms with Gasteiger partial charge in [-0.2, -0.15) is 0 Å². The summed E-state index contributed by atoms with van der Waals surface area (Å²) >= 11 is 6.19. The molecule has 166 valence electrons. The molecule has 1 aromatic heterocycles. The van der Waals surface area contributed by atoms with Crippen molar-refractivity contribution in [3.05, 3.63) is 40.8 Å². The number of halogens is 1. The summed E-state index contributed by atoms with van der Waals surface area (Å²) in [5, 5.41) is 15.6. The number of nitrogens with one attached hydrogen (secondary N) is 2. The number of amides is 2. The van der Waals surface area contributed by atoms with Crippen LogP contribution in [0, 0.1) is 5.41 Å². The lowest BCUT2D eigenvalue weighted by atomic mass is 9.56. The van der Waals surface area contributed by atoms with Gasteiger partial charge in [-0.05, 0) is 74.1 Å². The Bertz CT molecular complexity index is 1130. The number of urea groups is 1. The minimum Gasteiger partial charge on any atom is -0.504 e. The van der Waals surface area contributed by atoms with Crippen LogP contribution in [0.4, 0.5) is 10.5 Å².